The number of amides is 1. The normalized spacial score (nSPS) is 30.3. The number of hydrogen-bond donors (Lipinski definition) is 2. The maximum atomic E-state index is 13.5. The summed E-state index contributed by atoms with van der Waals surface area (Å²) in [5.74, 6) is -0.0223. The molecule has 0 bridgehead atoms. The number of aliphatic hydroxyl groups excluding tert-OH is 1. The topological polar surface area (TPSA) is 105 Å². The maximum absolute atomic E-state index is 13.5. The van der Waals surface area contributed by atoms with Gasteiger partial charge in [0.15, 0.2) is 0 Å². The number of nitrogens with zero attached hydrogens (tertiary/aromatic N) is 1. The number of nitrogens with one attached hydrogen (secondary N) is 1. The van der Waals surface area contributed by atoms with Gasteiger partial charge in [-0.3, -0.25) is 4.79 Å². The van der Waals surface area contributed by atoms with E-state index in [0.29, 0.717) is 17.9 Å². The SMILES string of the molecule is O=C(C[C@H]1CC[C@H]2[C@@H](COC[C@@H](O)CN2S(=O)(=O)c2cccc(Cl)c2)O1)NC1CCCC1. The van der Waals surface area contributed by atoms with Gasteiger partial charge >= 0.3 is 0 Å². The zero-order chi connectivity index (χ0) is 22.7. The van der Waals surface area contributed by atoms with E-state index < -0.39 is 28.3 Å². The van der Waals surface area contributed by atoms with Gasteiger partial charge in [-0.1, -0.05) is 30.5 Å². The van der Waals surface area contributed by atoms with Crippen LogP contribution in [0.15, 0.2) is 29.2 Å². The lowest BCUT2D eigenvalue weighted by atomic mass is 9.96. The minimum absolute atomic E-state index is 0.0149. The Morgan fingerprint density at radius 2 is 1.97 bits per heavy atom. The monoisotopic (exact) mass is 486 g/mol. The molecule has 2 heterocycles. The van der Waals surface area contributed by atoms with E-state index in [2.05, 4.69) is 5.32 Å². The Morgan fingerprint density at radius 3 is 2.72 bits per heavy atom. The maximum Gasteiger partial charge on any atom is 0.243 e. The lowest BCUT2D eigenvalue weighted by Gasteiger charge is -2.43. The molecule has 3 fully saturated rings. The summed E-state index contributed by atoms with van der Waals surface area (Å²) in [7, 11) is -3.91. The Morgan fingerprint density at radius 1 is 1.19 bits per heavy atom. The number of fused-ring (bicyclic) bond motifs is 1. The van der Waals surface area contributed by atoms with E-state index in [0.717, 1.165) is 25.7 Å². The Kier molecular flexibility index (Phi) is 7.74. The second-order valence-electron chi connectivity index (χ2n) is 8.92. The largest absolute Gasteiger partial charge is 0.389 e. The summed E-state index contributed by atoms with van der Waals surface area (Å²) in [6, 6.07) is 5.87. The van der Waals surface area contributed by atoms with Gasteiger partial charge in [0.25, 0.3) is 0 Å². The first-order valence-corrected chi connectivity index (χ1v) is 13.1. The number of aliphatic hydroxyl groups is 1. The van der Waals surface area contributed by atoms with Gasteiger partial charge in [0, 0.05) is 17.6 Å². The highest BCUT2D eigenvalue weighted by Gasteiger charge is 2.43. The minimum atomic E-state index is -3.91. The van der Waals surface area contributed by atoms with Gasteiger partial charge in [-0.2, -0.15) is 4.31 Å². The Labute approximate surface area is 194 Å². The molecule has 0 unspecified atom stereocenters. The van der Waals surface area contributed by atoms with Gasteiger partial charge < -0.3 is 19.9 Å². The Hall–Kier alpha value is -1.23. The fraction of sp³-hybridized carbons (Fsp3) is 0.682. The molecule has 32 heavy (non-hydrogen) atoms. The van der Waals surface area contributed by atoms with E-state index in [1.807, 2.05) is 0 Å². The highest BCUT2D eigenvalue weighted by molar-refractivity contribution is 7.89. The number of hydrogen-bond acceptors (Lipinski definition) is 6. The molecule has 2 saturated heterocycles. The van der Waals surface area contributed by atoms with E-state index in [1.54, 1.807) is 12.1 Å². The number of halogens is 1. The van der Waals surface area contributed by atoms with Crippen LogP contribution in [0, 0.1) is 0 Å². The van der Waals surface area contributed by atoms with Crippen molar-refractivity contribution in [1.82, 2.24) is 9.62 Å². The molecule has 1 saturated carbocycles. The van der Waals surface area contributed by atoms with Crippen LogP contribution in [0.2, 0.25) is 5.02 Å². The Bertz CT molecular complexity index is 907. The van der Waals surface area contributed by atoms with Crippen molar-refractivity contribution in [3.8, 4) is 0 Å². The molecule has 8 nitrogen and oxygen atoms in total. The summed E-state index contributed by atoms with van der Waals surface area (Å²) in [5.41, 5.74) is 0. The molecule has 0 radical (unpaired) electrons. The third kappa shape index (κ3) is 5.63. The summed E-state index contributed by atoms with van der Waals surface area (Å²) < 4.78 is 40.0. The van der Waals surface area contributed by atoms with Crippen molar-refractivity contribution in [1.29, 1.82) is 0 Å². The van der Waals surface area contributed by atoms with Crippen molar-refractivity contribution in [2.75, 3.05) is 19.8 Å². The average Bonchev–Trinajstić information content (AvgIpc) is 3.24. The van der Waals surface area contributed by atoms with Crippen LogP contribution in [0.1, 0.15) is 44.9 Å². The van der Waals surface area contributed by atoms with Gasteiger partial charge in [-0.05, 0) is 43.9 Å². The van der Waals surface area contributed by atoms with Gasteiger partial charge in [0.05, 0.1) is 48.9 Å². The van der Waals surface area contributed by atoms with Crippen molar-refractivity contribution in [2.24, 2.45) is 0 Å². The van der Waals surface area contributed by atoms with Crippen LogP contribution in [0.3, 0.4) is 0 Å². The molecule has 0 aromatic heterocycles. The summed E-state index contributed by atoms with van der Waals surface area (Å²) >= 11 is 6.03. The Balaban J connectivity index is 1.48. The number of carbonyl (C=O) groups excluding carboxylic acids is 1. The number of ether oxygens (including phenoxy) is 2. The molecular weight excluding hydrogens is 456 g/mol. The van der Waals surface area contributed by atoms with Crippen LogP contribution in [-0.4, -0.2) is 73.9 Å². The predicted molar refractivity (Wildman–Crippen MR) is 119 cm³/mol. The predicted octanol–water partition coefficient (Wildman–Crippen LogP) is 2.09. The molecule has 1 aliphatic carbocycles. The standard InChI is InChI=1S/C22H31ClN2O6S/c23-15-4-3-7-19(10-15)32(28,29)25-12-17(26)13-30-14-21-20(25)9-8-18(31-21)11-22(27)24-16-5-1-2-6-16/h3-4,7,10,16-18,20-21,26H,1-2,5-6,8-9,11-14H2,(H,24,27)/t17-,18+,20-,21+/m0/s1. The van der Waals surface area contributed by atoms with Gasteiger partial charge in [0.1, 0.15) is 0 Å². The van der Waals surface area contributed by atoms with Crippen LogP contribution < -0.4 is 5.32 Å². The van der Waals surface area contributed by atoms with Crippen LogP contribution in [0.4, 0.5) is 0 Å². The number of carbonyl (C=O) groups is 1. The van der Waals surface area contributed by atoms with E-state index in [-0.39, 0.29) is 49.1 Å². The molecule has 2 N–H and O–H groups in total. The summed E-state index contributed by atoms with van der Waals surface area (Å²) in [6.45, 7) is 0.0806. The van der Waals surface area contributed by atoms with Gasteiger partial charge in [-0.25, -0.2) is 8.42 Å². The number of sulfonamides is 1. The molecule has 1 amide bonds. The first kappa shape index (κ1) is 23.9. The smallest absolute Gasteiger partial charge is 0.243 e. The van der Waals surface area contributed by atoms with Crippen molar-refractivity contribution in [3.63, 3.8) is 0 Å². The fourth-order valence-electron chi connectivity index (χ4n) is 4.90. The second-order valence-corrected chi connectivity index (χ2v) is 11.2. The molecule has 0 spiro atoms. The van der Waals surface area contributed by atoms with Crippen LogP contribution in [0.25, 0.3) is 0 Å². The van der Waals surface area contributed by atoms with E-state index in [4.69, 9.17) is 21.1 Å². The molecule has 4 rings (SSSR count). The quantitative estimate of drug-likeness (QED) is 0.660. The molecule has 10 heteroatoms. The van der Waals surface area contributed by atoms with Crippen molar-refractivity contribution in [3.05, 3.63) is 29.3 Å². The minimum Gasteiger partial charge on any atom is -0.389 e. The van der Waals surface area contributed by atoms with Gasteiger partial charge in [0.2, 0.25) is 15.9 Å². The highest BCUT2D eigenvalue weighted by atomic mass is 35.5. The van der Waals surface area contributed by atoms with E-state index in [9.17, 15) is 18.3 Å². The molecule has 1 aromatic rings. The zero-order valence-corrected chi connectivity index (χ0v) is 19.6. The highest BCUT2D eigenvalue weighted by Crippen LogP contribution is 2.32. The lowest BCUT2D eigenvalue weighted by molar-refractivity contribution is -0.146. The molecule has 3 aliphatic rings. The summed E-state index contributed by atoms with van der Waals surface area (Å²) in [6.07, 6.45) is 3.91. The lowest BCUT2D eigenvalue weighted by Crippen LogP contribution is -2.57. The summed E-state index contributed by atoms with van der Waals surface area (Å²) in [5, 5.41) is 13.7. The zero-order valence-electron chi connectivity index (χ0n) is 18.0. The van der Waals surface area contributed by atoms with E-state index >= 15 is 0 Å². The number of rotatable bonds is 5. The molecular formula is C22H31ClN2O6S. The molecule has 2 aliphatic heterocycles. The van der Waals surface area contributed by atoms with Crippen molar-refractivity contribution in [2.45, 2.75) is 80.2 Å². The second kappa shape index (κ2) is 10.4. The first-order valence-electron chi connectivity index (χ1n) is 11.3. The molecule has 4 atom stereocenters. The van der Waals surface area contributed by atoms with Crippen molar-refractivity contribution >= 4 is 27.5 Å². The third-order valence-corrected chi connectivity index (χ3v) is 8.59. The summed E-state index contributed by atoms with van der Waals surface area (Å²) in [4.78, 5) is 12.5. The van der Waals surface area contributed by atoms with Crippen molar-refractivity contribution < 1.29 is 27.8 Å². The van der Waals surface area contributed by atoms with Crippen LogP contribution >= 0.6 is 11.6 Å². The fourth-order valence-corrected chi connectivity index (χ4v) is 6.92. The first-order chi connectivity index (χ1) is 15.3. The third-order valence-electron chi connectivity index (χ3n) is 6.47. The molecule has 178 valence electrons. The molecule has 1 aromatic carbocycles. The number of benzene rings is 1. The van der Waals surface area contributed by atoms with Crippen LogP contribution in [0.5, 0.6) is 0 Å². The number of β-amino-alcohol motifs (C(OH)–C–C–N with tert-alkyl or cyclic N) is 1. The van der Waals surface area contributed by atoms with E-state index in [1.165, 1.54) is 16.4 Å². The average molecular weight is 487 g/mol. The van der Waals surface area contributed by atoms with Crippen LogP contribution in [-0.2, 0) is 24.3 Å². The van der Waals surface area contributed by atoms with Gasteiger partial charge in [-0.15, -0.1) is 0 Å².